The van der Waals surface area contributed by atoms with Gasteiger partial charge in [-0.05, 0) is 54.4 Å². The fourth-order valence-corrected chi connectivity index (χ4v) is 4.07. The van der Waals surface area contributed by atoms with Crippen LogP contribution >= 0.6 is 11.6 Å². The van der Waals surface area contributed by atoms with Crippen molar-refractivity contribution in [2.75, 3.05) is 6.61 Å². The van der Waals surface area contributed by atoms with Crippen LogP contribution in [0.2, 0.25) is 5.02 Å². The van der Waals surface area contributed by atoms with Gasteiger partial charge in [-0.25, -0.2) is 0 Å². The van der Waals surface area contributed by atoms with E-state index in [0.29, 0.717) is 23.5 Å². The summed E-state index contributed by atoms with van der Waals surface area (Å²) in [4.78, 5) is 31.6. The standard InChI is InChI=1S/C25H21ClN2O5/c1-2-33-18-8-9-20(26)19(12-18)23(30)21-22(16-6-3-7-17(29)11-16)28(25(32)24(21)31)14-15-5-4-10-27-13-15/h3-13,22,29-30H,2,14H2,1H3/b23-21+. The second kappa shape index (κ2) is 9.34. The van der Waals surface area contributed by atoms with E-state index in [1.54, 1.807) is 48.8 Å². The molecule has 0 bridgehead atoms. The molecule has 1 fully saturated rings. The summed E-state index contributed by atoms with van der Waals surface area (Å²) in [7, 11) is 0. The number of aliphatic hydroxyl groups is 1. The van der Waals surface area contributed by atoms with Crippen LogP contribution in [0.1, 0.15) is 29.7 Å². The first-order chi connectivity index (χ1) is 15.9. The van der Waals surface area contributed by atoms with Gasteiger partial charge < -0.3 is 19.8 Å². The number of amides is 1. The molecule has 2 heterocycles. The highest BCUT2D eigenvalue weighted by atomic mass is 35.5. The van der Waals surface area contributed by atoms with Gasteiger partial charge in [0.2, 0.25) is 0 Å². The van der Waals surface area contributed by atoms with E-state index in [9.17, 15) is 19.8 Å². The van der Waals surface area contributed by atoms with Crippen molar-refractivity contribution in [3.05, 3.63) is 94.3 Å². The van der Waals surface area contributed by atoms with Crippen molar-refractivity contribution in [1.29, 1.82) is 0 Å². The molecule has 0 radical (unpaired) electrons. The number of rotatable bonds is 6. The van der Waals surface area contributed by atoms with E-state index in [1.807, 2.05) is 6.92 Å². The number of carbonyl (C=O) groups is 2. The number of phenolic OH excluding ortho intramolecular Hbond substituents is 1. The average molecular weight is 465 g/mol. The molecule has 1 atom stereocenters. The van der Waals surface area contributed by atoms with E-state index in [-0.39, 0.29) is 28.5 Å². The van der Waals surface area contributed by atoms with E-state index in [2.05, 4.69) is 4.98 Å². The number of halogens is 1. The number of benzene rings is 2. The molecule has 8 heteroatoms. The topological polar surface area (TPSA) is 100.0 Å². The van der Waals surface area contributed by atoms with Crippen LogP contribution in [-0.4, -0.2) is 38.4 Å². The van der Waals surface area contributed by atoms with Crippen LogP contribution < -0.4 is 4.74 Å². The van der Waals surface area contributed by atoms with Crippen LogP contribution in [0.3, 0.4) is 0 Å². The number of aromatic hydroxyl groups is 1. The zero-order valence-electron chi connectivity index (χ0n) is 17.7. The summed E-state index contributed by atoms with van der Waals surface area (Å²) in [6, 6.07) is 13.5. The monoisotopic (exact) mass is 464 g/mol. The van der Waals surface area contributed by atoms with Gasteiger partial charge in [0.1, 0.15) is 17.3 Å². The Morgan fingerprint density at radius 1 is 1.15 bits per heavy atom. The van der Waals surface area contributed by atoms with Crippen molar-refractivity contribution in [2.24, 2.45) is 0 Å². The molecule has 33 heavy (non-hydrogen) atoms. The number of nitrogens with zero attached hydrogens (tertiary/aromatic N) is 2. The first kappa shape index (κ1) is 22.4. The Morgan fingerprint density at radius 2 is 1.97 bits per heavy atom. The summed E-state index contributed by atoms with van der Waals surface area (Å²) in [5.74, 6) is -1.60. The highest BCUT2D eigenvalue weighted by Gasteiger charge is 2.46. The molecule has 0 spiro atoms. The van der Waals surface area contributed by atoms with Gasteiger partial charge in [0, 0.05) is 24.5 Å². The minimum Gasteiger partial charge on any atom is -0.508 e. The first-order valence-corrected chi connectivity index (χ1v) is 10.7. The highest BCUT2D eigenvalue weighted by Crippen LogP contribution is 2.42. The molecule has 1 aromatic heterocycles. The summed E-state index contributed by atoms with van der Waals surface area (Å²) >= 11 is 6.33. The van der Waals surface area contributed by atoms with Crippen molar-refractivity contribution in [3.63, 3.8) is 0 Å². The van der Waals surface area contributed by atoms with Crippen LogP contribution in [0.4, 0.5) is 0 Å². The molecule has 0 aliphatic carbocycles. The lowest BCUT2D eigenvalue weighted by molar-refractivity contribution is -0.140. The Kier molecular flexibility index (Phi) is 6.33. The molecule has 1 aliphatic rings. The van der Waals surface area contributed by atoms with Crippen molar-refractivity contribution >= 4 is 29.1 Å². The SMILES string of the molecule is CCOc1ccc(Cl)c(/C(O)=C2\C(=O)C(=O)N(Cc3cccnc3)C2c2cccc(O)c2)c1. The second-order valence-electron chi connectivity index (χ2n) is 7.46. The van der Waals surface area contributed by atoms with Crippen LogP contribution in [-0.2, 0) is 16.1 Å². The number of pyridine rings is 1. The molecular formula is C25H21ClN2O5. The number of carbonyl (C=O) groups excluding carboxylic acids is 2. The fraction of sp³-hybridized carbons (Fsp3) is 0.160. The van der Waals surface area contributed by atoms with Crippen molar-refractivity contribution in [1.82, 2.24) is 9.88 Å². The van der Waals surface area contributed by atoms with Gasteiger partial charge in [-0.2, -0.15) is 0 Å². The number of aliphatic hydroxyl groups excluding tert-OH is 1. The zero-order chi connectivity index (χ0) is 23.5. The van der Waals surface area contributed by atoms with Crippen LogP contribution in [0.25, 0.3) is 5.76 Å². The average Bonchev–Trinajstić information content (AvgIpc) is 3.06. The number of Topliss-reactive ketones (excluding diaryl/α,β-unsaturated/α-hetero) is 1. The Hall–Kier alpha value is -3.84. The van der Waals surface area contributed by atoms with Gasteiger partial charge in [0.15, 0.2) is 0 Å². The van der Waals surface area contributed by atoms with Gasteiger partial charge in [-0.1, -0.05) is 29.8 Å². The Bertz CT molecular complexity index is 1240. The molecule has 0 saturated carbocycles. The second-order valence-corrected chi connectivity index (χ2v) is 7.87. The number of ether oxygens (including phenoxy) is 1. The van der Waals surface area contributed by atoms with Gasteiger partial charge in [-0.15, -0.1) is 0 Å². The highest BCUT2D eigenvalue weighted by molar-refractivity contribution is 6.47. The molecule has 1 amide bonds. The van der Waals surface area contributed by atoms with Crippen LogP contribution in [0.15, 0.2) is 72.6 Å². The molecule has 2 aromatic carbocycles. The number of phenols is 1. The van der Waals surface area contributed by atoms with E-state index in [4.69, 9.17) is 16.3 Å². The summed E-state index contributed by atoms with van der Waals surface area (Å²) in [6.45, 7) is 2.31. The van der Waals surface area contributed by atoms with Gasteiger partial charge in [-0.3, -0.25) is 14.6 Å². The third kappa shape index (κ3) is 4.40. The fourth-order valence-electron chi connectivity index (χ4n) is 3.86. The smallest absolute Gasteiger partial charge is 0.295 e. The zero-order valence-corrected chi connectivity index (χ0v) is 18.5. The molecule has 2 N–H and O–H groups in total. The summed E-state index contributed by atoms with van der Waals surface area (Å²) in [5.41, 5.74) is 1.23. The third-order valence-electron chi connectivity index (χ3n) is 5.31. The molecule has 4 rings (SSSR count). The number of hydrogen-bond acceptors (Lipinski definition) is 6. The summed E-state index contributed by atoms with van der Waals surface area (Å²) < 4.78 is 5.49. The number of likely N-dealkylation sites (tertiary alicyclic amines) is 1. The molecule has 1 saturated heterocycles. The van der Waals surface area contributed by atoms with E-state index in [0.717, 1.165) is 0 Å². The molecule has 168 valence electrons. The maximum Gasteiger partial charge on any atom is 0.295 e. The van der Waals surface area contributed by atoms with Crippen molar-refractivity contribution in [3.8, 4) is 11.5 Å². The minimum atomic E-state index is -0.941. The predicted octanol–water partition coefficient (Wildman–Crippen LogP) is 4.46. The number of ketones is 1. The van der Waals surface area contributed by atoms with E-state index >= 15 is 0 Å². The first-order valence-electron chi connectivity index (χ1n) is 10.3. The van der Waals surface area contributed by atoms with Gasteiger partial charge >= 0.3 is 0 Å². The Balaban J connectivity index is 1.89. The maximum absolute atomic E-state index is 13.1. The lowest BCUT2D eigenvalue weighted by Gasteiger charge is -2.25. The van der Waals surface area contributed by atoms with Crippen molar-refractivity contribution < 1.29 is 24.5 Å². The number of aromatic nitrogens is 1. The molecule has 7 nitrogen and oxygen atoms in total. The Labute approximate surface area is 195 Å². The Morgan fingerprint density at radius 3 is 2.67 bits per heavy atom. The largest absolute Gasteiger partial charge is 0.508 e. The molecule has 1 aliphatic heterocycles. The molecule has 1 unspecified atom stereocenters. The number of hydrogen-bond donors (Lipinski definition) is 2. The lowest BCUT2D eigenvalue weighted by atomic mass is 9.95. The maximum atomic E-state index is 13.1. The summed E-state index contributed by atoms with van der Waals surface area (Å²) in [5, 5.41) is 21.5. The van der Waals surface area contributed by atoms with Crippen LogP contribution in [0, 0.1) is 0 Å². The van der Waals surface area contributed by atoms with E-state index in [1.165, 1.54) is 23.1 Å². The van der Waals surface area contributed by atoms with Crippen molar-refractivity contribution in [2.45, 2.75) is 19.5 Å². The van der Waals surface area contributed by atoms with E-state index < -0.39 is 23.5 Å². The quantitative estimate of drug-likeness (QED) is 0.317. The lowest BCUT2D eigenvalue weighted by Crippen LogP contribution is -2.29. The molecule has 3 aromatic rings. The normalized spacial score (nSPS) is 17.4. The van der Waals surface area contributed by atoms with Gasteiger partial charge in [0.25, 0.3) is 11.7 Å². The van der Waals surface area contributed by atoms with Crippen LogP contribution in [0.5, 0.6) is 11.5 Å². The minimum absolute atomic E-state index is 0.0316. The third-order valence-corrected chi connectivity index (χ3v) is 5.64. The van der Waals surface area contributed by atoms with Gasteiger partial charge in [0.05, 0.1) is 23.2 Å². The molecular weight excluding hydrogens is 444 g/mol. The predicted molar refractivity (Wildman–Crippen MR) is 123 cm³/mol. The summed E-state index contributed by atoms with van der Waals surface area (Å²) in [6.07, 6.45) is 3.21.